The topological polar surface area (TPSA) is 124 Å². The Kier molecular flexibility index (Phi) is 4.14. The van der Waals surface area contributed by atoms with Crippen LogP contribution in [0.1, 0.15) is 27.0 Å². The Morgan fingerprint density at radius 3 is 2.85 bits per heavy atom. The molecule has 0 unspecified atom stereocenters. The second kappa shape index (κ2) is 6.12. The van der Waals surface area contributed by atoms with Gasteiger partial charge in [0.05, 0.1) is 0 Å². The number of carbonyl (C=O) groups excluding carboxylic acids is 1. The number of nitrogens with two attached hydrogens (primary N) is 1. The fourth-order valence-electron chi connectivity index (χ4n) is 3.33. The number of rotatable bonds is 3. The Labute approximate surface area is 157 Å². The van der Waals surface area contributed by atoms with Crippen LogP contribution in [0.15, 0.2) is 11.1 Å². The standard InChI is InChI=1S/C15H18BrN5O5/c1-6(22)23-4-7-9-10(26-15(2,3)25-9)13(24-7)21-12-8(20-14(21)16)11(17)18-5-19-12/h5,7,9-10,13H,4H2,1-3H3,(H2,17,18,19)/t7-,9+,10-,13-/m1/s1. The van der Waals surface area contributed by atoms with Gasteiger partial charge in [-0.05, 0) is 29.8 Å². The molecule has 2 aliphatic heterocycles. The quantitative estimate of drug-likeness (QED) is 0.566. The van der Waals surface area contributed by atoms with Gasteiger partial charge in [-0.25, -0.2) is 15.0 Å². The van der Waals surface area contributed by atoms with Crippen molar-refractivity contribution in [3.8, 4) is 0 Å². The van der Waals surface area contributed by atoms with Crippen LogP contribution in [0.4, 0.5) is 5.82 Å². The number of carbonyl (C=O) groups is 1. The van der Waals surface area contributed by atoms with Gasteiger partial charge < -0.3 is 24.7 Å². The van der Waals surface area contributed by atoms with E-state index in [0.717, 1.165) is 0 Å². The van der Waals surface area contributed by atoms with Crippen molar-refractivity contribution in [1.82, 2.24) is 19.5 Å². The molecule has 2 N–H and O–H groups in total. The maximum absolute atomic E-state index is 11.2. The summed E-state index contributed by atoms with van der Waals surface area (Å²) in [5.74, 6) is -0.908. The number of aromatic nitrogens is 4. The first-order chi connectivity index (χ1) is 12.3. The van der Waals surface area contributed by atoms with Gasteiger partial charge in [-0.2, -0.15) is 0 Å². The number of hydrogen-bond donors (Lipinski definition) is 1. The maximum Gasteiger partial charge on any atom is 0.302 e. The Hall–Kier alpha value is -1.82. The molecule has 0 aromatic carbocycles. The highest BCUT2D eigenvalue weighted by Gasteiger charge is 2.56. The van der Waals surface area contributed by atoms with Crippen molar-refractivity contribution in [2.24, 2.45) is 0 Å². The predicted molar refractivity (Wildman–Crippen MR) is 91.8 cm³/mol. The molecule has 140 valence electrons. The van der Waals surface area contributed by atoms with Gasteiger partial charge in [-0.15, -0.1) is 0 Å². The summed E-state index contributed by atoms with van der Waals surface area (Å²) in [6.45, 7) is 5.06. The Balaban J connectivity index is 1.73. The molecule has 10 nitrogen and oxygen atoms in total. The number of ether oxygens (including phenoxy) is 4. The number of nitrogens with zero attached hydrogens (tertiary/aromatic N) is 4. The van der Waals surface area contributed by atoms with E-state index in [1.165, 1.54) is 13.3 Å². The van der Waals surface area contributed by atoms with Gasteiger partial charge in [-0.1, -0.05) is 0 Å². The summed E-state index contributed by atoms with van der Waals surface area (Å²) in [5.41, 5.74) is 6.86. The van der Waals surface area contributed by atoms with Crippen LogP contribution in [0.25, 0.3) is 11.2 Å². The van der Waals surface area contributed by atoms with E-state index >= 15 is 0 Å². The van der Waals surface area contributed by atoms with Gasteiger partial charge in [0.2, 0.25) is 0 Å². The normalized spacial score (nSPS) is 29.8. The van der Waals surface area contributed by atoms with E-state index in [0.29, 0.717) is 15.9 Å². The van der Waals surface area contributed by atoms with Crippen molar-refractivity contribution in [3.63, 3.8) is 0 Å². The number of halogens is 1. The van der Waals surface area contributed by atoms with E-state index in [9.17, 15) is 4.79 Å². The van der Waals surface area contributed by atoms with Gasteiger partial charge in [0.1, 0.15) is 31.2 Å². The fourth-order valence-corrected chi connectivity index (χ4v) is 3.87. The molecule has 2 aromatic rings. The van der Waals surface area contributed by atoms with E-state index in [4.69, 9.17) is 24.7 Å². The summed E-state index contributed by atoms with van der Waals surface area (Å²) in [5, 5.41) is 0. The minimum atomic E-state index is -0.789. The smallest absolute Gasteiger partial charge is 0.302 e. The van der Waals surface area contributed by atoms with Crippen LogP contribution in [0, 0.1) is 0 Å². The molecule has 2 fully saturated rings. The van der Waals surface area contributed by atoms with Gasteiger partial charge in [0.25, 0.3) is 0 Å². The monoisotopic (exact) mass is 427 g/mol. The lowest BCUT2D eigenvalue weighted by atomic mass is 10.1. The van der Waals surface area contributed by atoms with Crippen molar-refractivity contribution in [3.05, 3.63) is 11.1 Å². The Bertz CT molecular complexity index is 871. The summed E-state index contributed by atoms with van der Waals surface area (Å²) in [7, 11) is 0. The molecule has 0 radical (unpaired) electrons. The van der Waals surface area contributed by atoms with E-state index in [2.05, 4.69) is 30.9 Å². The van der Waals surface area contributed by atoms with Crippen molar-refractivity contribution in [1.29, 1.82) is 0 Å². The Morgan fingerprint density at radius 1 is 1.38 bits per heavy atom. The lowest BCUT2D eigenvalue weighted by Gasteiger charge is -2.25. The zero-order valence-electron chi connectivity index (χ0n) is 14.4. The average Bonchev–Trinajstić information content (AvgIpc) is 3.14. The van der Waals surface area contributed by atoms with Crippen LogP contribution in [-0.2, 0) is 23.7 Å². The van der Waals surface area contributed by atoms with Crippen molar-refractivity contribution in [2.45, 2.75) is 51.1 Å². The first-order valence-corrected chi connectivity index (χ1v) is 8.84. The van der Waals surface area contributed by atoms with Crippen molar-refractivity contribution < 1.29 is 23.7 Å². The maximum atomic E-state index is 11.2. The molecule has 0 bridgehead atoms. The molecule has 0 spiro atoms. The molecule has 4 atom stereocenters. The molecule has 0 saturated carbocycles. The third-order valence-electron chi connectivity index (χ3n) is 4.29. The molecule has 0 aliphatic carbocycles. The highest BCUT2D eigenvalue weighted by Crippen LogP contribution is 2.45. The van der Waals surface area contributed by atoms with Crippen molar-refractivity contribution in [2.75, 3.05) is 12.3 Å². The number of imidazole rings is 1. The van der Waals surface area contributed by atoms with Crippen LogP contribution < -0.4 is 5.73 Å². The number of fused-ring (bicyclic) bond motifs is 2. The molecular formula is C15H18BrN5O5. The minimum absolute atomic E-state index is 0.0633. The van der Waals surface area contributed by atoms with Crippen LogP contribution in [0.5, 0.6) is 0 Å². The van der Waals surface area contributed by atoms with Gasteiger partial charge in [0, 0.05) is 6.92 Å². The van der Waals surface area contributed by atoms with Crippen LogP contribution in [0.3, 0.4) is 0 Å². The zero-order valence-corrected chi connectivity index (χ0v) is 16.0. The predicted octanol–water partition coefficient (Wildman–Crippen LogP) is 1.15. The van der Waals surface area contributed by atoms with Gasteiger partial charge in [0.15, 0.2) is 33.7 Å². The lowest BCUT2D eigenvalue weighted by molar-refractivity contribution is -0.202. The minimum Gasteiger partial charge on any atom is -0.463 e. The highest BCUT2D eigenvalue weighted by atomic mass is 79.9. The third kappa shape index (κ3) is 2.84. The fraction of sp³-hybridized carbons (Fsp3) is 0.600. The van der Waals surface area contributed by atoms with Gasteiger partial charge >= 0.3 is 5.97 Å². The van der Waals surface area contributed by atoms with E-state index in [-0.39, 0.29) is 18.4 Å². The third-order valence-corrected chi connectivity index (χ3v) is 4.85. The first kappa shape index (κ1) is 17.6. The highest BCUT2D eigenvalue weighted by molar-refractivity contribution is 9.10. The molecule has 0 amide bonds. The SMILES string of the molecule is CC(=O)OC[C@H]1O[C@@H](n2c(Br)nc3c(N)ncnc32)[C@@H]2OC(C)(C)O[C@H]21. The number of esters is 1. The summed E-state index contributed by atoms with van der Waals surface area (Å²) in [6, 6.07) is 0. The molecule has 26 heavy (non-hydrogen) atoms. The number of anilines is 1. The number of nitrogen functional groups attached to an aromatic ring is 1. The summed E-state index contributed by atoms with van der Waals surface area (Å²) < 4.78 is 25.5. The molecule has 2 aliphatic rings. The van der Waals surface area contributed by atoms with Gasteiger partial charge in [-0.3, -0.25) is 9.36 Å². The van der Waals surface area contributed by atoms with Crippen LogP contribution in [-0.4, -0.2) is 56.2 Å². The van der Waals surface area contributed by atoms with E-state index in [1.54, 1.807) is 4.57 Å². The zero-order chi connectivity index (χ0) is 18.6. The molecule has 4 heterocycles. The second-order valence-corrected chi connectivity index (χ2v) is 7.32. The molecule has 2 saturated heterocycles. The van der Waals surface area contributed by atoms with E-state index in [1.807, 2.05) is 13.8 Å². The largest absolute Gasteiger partial charge is 0.463 e. The average molecular weight is 428 g/mol. The van der Waals surface area contributed by atoms with Crippen LogP contribution in [0.2, 0.25) is 0 Å². The summed E-state index contributed by atoms with van der Waals surface area (Å²) in [4.78, 5) is 23.8. The van der Waals surface area contributed by atoms with Crippen molar-refractivity contribution >= 4 is 38.9 Å². The molecule has 4 rings (SSSR count). The Morgan fingerprint density at radius 2 is 2.12 bits per heavy atom. The number of hydrogen-bond acceptors (Lipinski definition) is 9. The summed E-state index contributed by atoms with van der Waals surface area (Å²) >= 11 is 3.43. The molecule has 11 heteroatoms. The van der Waals surface area contributed by atoms with E-state index < -0.39 is 30.3 Å². The molecule has 2 aromatic heterocycles. The first-order valence-electron chi connectivity index (χ1n) is 8.05. The molecular weight excluding hydrogens is 410 g/mol. The second-order valence-electron chi connectivity index (χ2n) is 6.61. The summed E-state index contributed by atoms with van der Waals surface area (Å²) in [6.07, 6.45) is -0.551. The van der Waals surface area contributed by atoms with Crippen LogP contribution >= 0.6 is 15.9 Å². The lowest BCUT2D eigenvalue weighted by Crippen LogP contribution is -2.33.